The molecule has 0 atom stereocenters. The van der Waals surface area contributed by atoms with Gasteiger partial charge < -0.3 is 40.9 Å². The Morgan fingerprint density at radius 3 is 0.676 bits per heavy atom. The summed E-state index contributed by atoms with van der Waals surface area (Å²) in [6.07, 6.45) is 23.3. The van der Waals surface area contributed by atoms with Crippen LogP contribution in [0.25, 0.3) is 4.13 Å². The van der Waals surface area contributed by atoms with Gasteiger partial charge in [-0.1, -0.05) is 176 Å². The number of halogens is 12. The Balaban J connectivity index is 0.000000180. The molecule has 0 radical (unpaired) electrons. The molecular formula is C97H116F12NO19S7+. The normalized spacial score (nSPS) is 17.4. The van der Waals surface area contributed by atoms with Gasteiger partial charge in [0.25, 0.3) is 0 Å². The summed E-state index contributed by atoms with van der Waals surface area (Å²) in [7, 11) is -24.0. The second kappa shape index (κ2) is 46.0. The molecule has 6 aliphatic carbocycles. The number of nitrogens with zero attached hydrogens (tertiary/aromatic N) is 1. The number of rotatable bonds is 32. The van der Waals surface area contributed by atoms with Crippen molar-refractivity contribution in [1.29, 1.82) is 0 Å². The highest BCUT2D eigenvalue weighted by Crippen LogP contribution is 2.58. The molecule has 136 heavy (non-hydrogen) atoms. The first-order chi connectivity index (χ1) is 64.2. The van der Waals surface area contributed by atoms with E-state index in [-0.39, 0.29) is 85.8 Å². The predicted octanol–water partition coefficient (Wildman–Crippen LogP) is 25.9. The summed E-state index contributed by atoms with van der Waals surface area (Å²) < 4.78 is 348. The molecule has 20 nitrogen and oxygen atoms in total. The quantitative estimate of drug-likeness (QED) is 0.0177. The van der Waals surface area contributed by atoms with Gasteiger partial charge in [-0.2, -0.15) is 77.9 Å². The van der Waals surface area contributed by atoms with Crippen LogP contribution in [-0.4, -0.2) is 128 Å². The fourth-order valence-corrected chi connectivity index (χ4v) is 27.6. The van der Waals surface area contributed by atoms with Crippen molar-refractivity contribution in [2.24, 2.45) is 0 Å². The van der Waals surface area contributed by atoms with Crippen LogP contribution in [0.3, 0.4) is 0 Å². The summed E-state index contributed by atoms with van der Waals surface area (Å²) in [5.74, 6) is -11.5. The number of alkyl halides is 12. The van der Waals surface area contributed by atoms with E-state index >= 15 is 8.78 Å². The SMILES string of the molecule is COc1cccc([S+](c2cccc(OC)c2)c2cccc(OC)c2)c1.COc1cccc([S+](c2cccc(OC)c2)c2cccc(OC)c2)c1.CS(=O)(=O)[N-]S(=O)(=O)C(F)(F)C(F)(F)C(F)(F)S(=O)(=O)Oc1c(C2CCCCC2)cc(C2CCCCC2)cc1C1CCCCC1.O=S(=O)(O)C(F)(F)C(F)(F)C(F)(F)S(=O)(=O)Oc1c(C2CCCCC2)cc(C2CCCCC2)cc1C1CCCCC1. The third-order valence-corrected chi connectivity index (χ3v) is 36.3. The minimum absolute atomic E-state index is 0.0483. The molecule has 6 aliphatic rings. The zero-order chi connectivity index (χ0) is 99.0. The number of methoxy groups -OCH3 is 6. The third kappa shape index (κ3) is 25.0. The van der Waals surface area contributed by atoms with Gasteiger partial charge in [0.05, 0.1) is 74.5 Å². The Labute approximate surface area is 795 Å². The van der Waals surface area contributed by atoms with Gasteiger partial charge in [-0.3, -0.25) is 4.55 Å². The summed E-state index contributed by atoms with van der Waals surface area (Å²) in [4.78, 5) is 7.09. The zero-order valence-electron chi connectivity index (χ0n) is 76.5. The van der Waals surface area contributed by atoms with Crippen LogP contribution in [0.15, 0.2) is 199 Å². The lowest BCUT2D eigenvalue weighted by Gasteiger charge is -2.35. The molecule has 0 unspecified atom stereocenters. The molecule has 14 rings (SSSR count). The van der Waals surface area contributed by atoms with Gasteiger partial charge >= 0.3 is 63.2 Å². The molecule has 0 aromatic heterocycles. The van der Waals surface area contributed by atoms with E-state index in [1.54, 1.807) is 71.1 Å². The van der Waals surface area contributed by atoms with E-state index in [2.05, 4.69) is 72.8 Å². The van der Waals surface area contributed by atoms with Crippen LogP contribution in [0.1, 0.15) is 262 Å². The number of ether oxygens (including phenoxy) is 6. The molecule has 0 heterocycles. The molecule has 0 saturated heterocycles. The second-order valence-corrected chi connectivity index (χ2v) is 47.0. The standard InChI is InChI=1S/C28H38F6NO7S3.C27H36F6O6S2.2C21H21O3S/c1-43(36,37)35-44(38,39)27(31,32)26(29,30)28(33,34)45(40,41)42-25-23(20-13-7-3-8-14-20)17-22(19-11-5-2-6-12-19)18-24(25)21-15-9-4-10-16-21;28-25(29,26(30,31)40(34,35)36)27(32,33)41(37,38)39-24-22(19-12-6-2-7-13-19)16-21(18-10-4-1-5-11-18)17-23(24)20-14-8-3-9-15-20;2*1-22-16-7-4-10-19(13-16)25(20-11-5-8-17(14-20)23-2)21-12-6-9-18(15-21)24-3/h17-21H,2-16H2,1H3;16-20H,1-15H2,(H,34,35,36);2*4-15H,1-3H3/q-1;;2*+1. The van der Waals surface area contributed by atoms with E-state index < -0.39 is 94.8 Å². The van der Waals surface area contributed by atoms with E-state index in [4.69, 9.17) is 41.3 Å². The smallest absolute Gasteiger partial charge is 0.450 e. The van der Waals surface area contributed by atoms with Crippen LogP contribution < -0.4 is 36.8 Å². The molecule has 6 saturated carbocycles. The lowest BCUT2D eigenvalue weighted by atomic mass is 9.75. The van der Waals surface area contributed by atoms with E-state index in [1.165, 1.54) is 29.4 Å². The number of sulfonamides is 2. The van der Waals surface area contributed by atoms with E-state index in [1.807, 2.05) is 72.8 Å². The molecule has 1 N–H and O–H groups in total. The van der Waals surface area contributed by atoms with Gasteiger partial charge in [-0.15, -0.1) is 0 Å². The third-order valence-electron chi connectivity index (χ3n) is 25.7. The first kappa shape index (κ1) is 108. The molecule has 748 valence electrons. The van der Waals surface area contributed by atoms with Crippen LogP contribution >= 0.6 is 0 Å². The Morgan fingerprint density at radius 1 is 0.287 bits per heavy atom. The van der Waals surface area contributed by atoms with Crippen molar-refractivity contribution in [3.05, 3.63) is 207 Å². The van der Waals surface area contributed by atoms with E-state index in [9.17, 15) is 86.0 Å². The molecule has 0 aliphatic heterocycles. The fraction of sp³-hybridized carbons (Fsp3) is 0.505. The molecule has 6 fully saturated rings. The Bertz CT molecular complexity index is 5520. The molecular weight excluding hydrogens is 1940 g/mol. The van der Waals surface area contributed by atoms with Crippen molar-refractivity contribution in [2.45, 2.75) is 290 Å². The maximum atomic E-state index is 15.2. The Morgan fingerprint density at radius 2 is 0.485 bits per heavy atom. The summed E-state index contributed by atoms with van der Waals surface area (Å²) in [6, 6.07) is 55.9. The van der Waals surface area contributed by atoms with Crippen LogP contribution in [0, 0.1) is 0 Å². The number of hydrogen-bond donors (Lipinski definition) is 1. The van der Waals surface area contributed by atoms with Crippen molar-refractivity contribution in [3.8, 4) is 46.0 Å². The zero-order valence-corrected chi connectivity index (χ0v) is 82.2. The largest absolute Gasteiger partial charge is 0.497 e. The lowest BCUT2D eigenvalue weighted by molar-refractivity contribution is -0.247. The van der Waals surface area contributed by atoms with Crippen LogP contribution in [0.2, 0.25) is 0 Å². The molecule has 8 aromatic carbocycles. The van der Waals surface area contributed by atoms with Crippen molar-refractivity contribution < 1.29 is 136 Å². The van der Waals surface area contributed by atoms with Gasteiger partial charge in [-0.05, 0) is 219 Å². The van der Waals surface area contributed by atoms with Crippen molar-refractivity contribution in [3.63, 3.8) is 0 Å². The van der Waals surface area contributed by atoms with Crippen molar-refractivity contribution >= 4 is 72.2 Å². The van der Waals surface area contributed by atoms with Crippen molar-refractivity contribution in [2.75, 3.05) is 48.9 Å². The Hall–Kier alpha value is -8.31. The van der Waals surface area contributed by atoms with E-state index in [0.29, 0.717) is 51.4 Å². The molecule has 0 spiro atoms. The second-order valence-electron chi connectivity index (χ2n) is 34.8. The highest BCUT2D eigenvalue weighted by atomic mass is 32.3. The maximum absolute atomic E-state index is 15.2. The first-order valence-corrected chi connectivity index (χ1v) is 55.2. The number of hydrogen-bond acceptors (Lipinski definition) is 18. The van der Waals surface area contributed by atoms with Gasteiger partial charge in [0.1, 0.15) is 46.0 Å². The topological polar surface area (TPSA) is 279 Å². The molecule has 0 bridgehead atoms. The highest BCUT2D eigenvalue weighted by Gasteiger charge is 2.84. The lowest BCUT2D eigenvalue weighted by Crippen LogP contribution is -2.61. The Kier molecular flexibility index (Phi) is 36.5. The molecule has 39 heteroatoms. The summed E-state index contributed by atoms with van der Waals surface area (Å²) in [5.41, 5.74) is 2.76. The summed E-state index contributed by atoms with van der Waals surface area (Å²) >= 11 is 0. The molecule has 0 amide bonds. The maximum Gasteiger partial charge on any atom is 0.450 e. The van der Waals surface area contributed by atoms with Gasteiger partial charge in [-0.25, -0.2) is 16.8 Å². The highest BCUT2D eigenvalue weighted by molar-refractivity contribution is 8.12. The van der Waals surface area contributed by atoms with Crippen molar-refractivity contribution in [1.82, 2.24) is 0 Å². The van der Waals surface area contributed by atoms with Gasteiger partial charge in [0, 0.05) is 42.7 Å². The van der Waals surface area contributed by atoms with Crippen LogP contribution in [0.5, 0.6) is 46.0 Å². The minimum atomic E-state index is -7.21. The average Bonchev–Trinajstić information content (AvgIpc) is 0.723. The summed E-state index contributed by atoms with van der Waals surface area (Å²) in [6.45, 7) is 0. The average molecular weight is 2050 g/mol. The fourth-order valence-electron chi connectivity index (χ4n) is 18.5. The van der Waals surface area contributed by atoms with Gasteiger partial charge in [0.15, 0.2) is 39.4 Å². The number of benzene rings is 8. The van der Waals surface area contributed by atoms with E-state index in [0.717, 1.165) is 187 Å². The first-order valence-electron chi connectivity index (χ1n) is 45.2. The summed E-state index contributed by atoms with van der Waals surface area (Å²) in [5, 5.41) is -27.3. The predicted molar refractivity (Wildman–Crippen MR) is 498 cm³/mol. The minimum Gasteiger partial charge on any atom is -0.497 e. The molecule has 8 aromatic rings. The van der Waals surface area contributed by atoms with Crippen LogP contribution in [-0.2, 0) is 72.2 Å². The van der Waals surface area contributed by atoms with Crippen LogP contribution in [0.4, 0.5) is 52.7 Å². The monoisotopic (exact) mass is 2050 g/mol. The van der Waals surface area contributed by atoms with Gasteiger partial charge in [0.2, 0.25) is 0 Å².